The van der Waals surface area contributed by atoms with Gasteiger partial charge in [-0.15, -0.1) is 0 Å². The molecule has 0 fully saturated rings. The molecule has 0 aliphatic carbocycles. The van der Waals surface area contributed by atoms with Crippen molar-refractivity contribution in [1.82, 2.24) is 4.23 Å². The Morgan fingerprint density at radius 3 is 1.45 bits per heavy atom. The van der Waals surface area contributed by atoms with Crippen molar-refractivity contribution in [2.45, 2.75) is 45.7 Å². The predicted octanol–water partition coefficient (Wildman–Crippen LogP) is 2.98. The Hall–Kier alpha value is 0.394. The van der Waals surface area contributed by atoms with Crippen LogP contribution in [0.4, 0.5) is 0 Å². The number of rotatable bonds is 3. The zero-order valence-corrected chi connectivity index (χ0v) is 11.2. The molecule has 68 valence electrons. The van der Waals surface area contributed by atoms with Crippen molar-refractivity contribution in [2.75, 3.05) is 7.05 Å². The summed E-state index contributed by atoms with van der Waals surface area (Å²) in [7, 11) is 0.278. The first-order chi connectivity index (χ1) is 4.72. The van der Waals surface area contributed by atoms with E-state index < -0.39 is 16.5 Å². The molecule has 0 heterocycles. The first-order valence-corrected chi connectivity index (χ1v) is 11.1. The maximum atomic E-state index is 2.71. The molecule has 0 atom stereocenters. The maximum Gasteiger partial charge on any atom is 0.115 e. The molecule has 11 heavy (non-hydrogen) atoms. The highest BCUT2D eigenvalue weighted by Gasteiger charge is 2.32. The quantitative estimate of drug-likeness (QED) is 0.617. The summed E-state index contributed by atoms with van der Waals surface area (Å²) >= 11 is 0. The molecule has 0 aromatic heterocycles. The second kappa shape index (κ2) is 3.41. The Morgan fingerprint density at radius 2 is 1.36 bits per heavy atom. The largest absolute Gasteiger partial charge is 0.348 e. The van der Waals surface area contributed by atoms with Gasteiger partial charge in [-0.3, -0.25) is 0 Å². The molecular formula is C8H23NSi2. The standard InChI is InChI=1S/C8H23NSi2/c1-8-11(6,7)9(2)10(3,4)5/h8H2,1-7H3. The minimum absolute atomic E-state index is 1.02. The third-order valence-corrected chi connectivity index (χ3v) is 12.2. The molecule has 0 N–H and O–H groups in total. The van der Waals surface area contributed by atoms with Crippen LogP contribution >= 0.6 is 0 Å². The molecular weight excluding hydrogens is 166 g/mol. The zero-order chi connectivity index (χ0) is 9.28. The van der Waals surface area contributed by atoms with Gasteiger partial charge in [-0.2, -0.15) is 0 Å². The lowest BCUT2D eigenvalue weighted by atomic mass is 11.0. The van der Waals surface area contributed by atoms with Crippen molar-refractivity contribution in [3.05, 3.63) is 0 Å². The summed E-state index contributed by atoms with van der Waals surface area (Å²) in [5, 5.41) is 0. The van der Waals surface area contributed by atoms with E-state index in [1.807, 2.05) is 0 Å². The fourth-order valence-electron chi connectivity index (χ4n) is 1.15. The van der Waals surface area contributed by atoms with Gasteiger partial charge >= 0.3 is 0 Å². The van der Waals surface area contributed by atoms with E-state index in [2.05, 4.69) is 50.9 Å². The Kier molecular flexibility index (Phi) is 3.53. The van der Waals surface area contributed by atoms with Crippen molar-refractivity contribution in [3.8, 4) is 0 Å². The molecule has 0 rings (SSSR count). The summed E-state index contributed by atoms with van der Waals surface area (Å²) in [5.74, 6) is 0. The Bertz CT molecular complexity index is 127. The molecule has 0 bridgehead atoms. The van der Waals surface area contributed by atoms with E-state index in [1.54, 1.807) is 0 Å². The van der Waals surface area contributed by atoms with E-state index >= 15 is 0 Å². The van der Waals surface area contributed by atoms with Gasteiger partial charge in [-0.05, 0) is 13.1 Å². The van der Waals surface area contributed by atoms with Crippen LogP contribution in [0.2, 0.25) is 38.8 Å². The average Bonchev–Trinajstić information content (AvgIpc) is 1.84. The second-order valence-corrected chi connectivity index (χ2v) is 15.4. The van der Waals surface area contributed by atoms with Gasteiger partial charge in [0.15, 0.2) is 0 Å². The summed E-state index contributed by atoms with van der Waals surface area (Å²) in [6.07, 6.45) is 0. The molecule has 0 aromatic rings. The molecule has 0 aromatic carbocycles. The predicted molar refractivity (Wildman–Crippen MR) is 59.1 cm³/mol. The van der Waals surface area contributed by atoms with Gasteiger partial charge in [0.1, 0.15) is 16.5 Å². The SMILES string of the molecule is CC[Si](C)(C)N(C)[Si](C)(C)C. The number of nitrogens with zero attached hydrogens (tertiary/aromatic N) is 1. The minimum atomic E-state index is -1.02. The monoisotopic (exact) mass is 189 g/mol. The molecule has 0 spiro atoms. The van der Waals surface area contributed by atoms with Gasteiger partial charge in [0, 0.05) is 0 Å². The van der Waals surface area contributed by atoms with Crippen LogP contribution in [0.5, 0.6) is 0 Å². The van der Waals surface area contributed by atoms with Crippen LogP contribution in [0, 0.1) is 0 Å². The Morgan fingerprint density at radius 1 is 1.00 bits per heavy atom. The lowest BCUT2D eigenvalue weighted by Crippen LogP contribution is -2.57. The molecule has 0 amide bonds. The zero-order valence-electron chi connectivity index (χ0n) is 9.15. The molecule has 0 unspecified atom stereocenters. The molecule has 0 aliphatic heterocycles. The van der Waals surface area contributed by atoms with Gasteiger partial charge in [0.2, 0.25) is 0 Å². The Labute approximate surface area is 74.0 Å². The highest BCUT2D eigenvalue weighted by atomic mass is 28.4. The number of hydrogen-bond donors (Lipinski definition) is 0. The first-order valence-electron chi connectivity index (χ1n) is 4.46. The van der Waals surface area contributed by atoms with Crippen LogP contribution in [0.3, 0.4) is 0 Å². The highest BCUT2D eigenvalue weighted by Crippen LogP contribution is 2.19. The van der Waals surface area contributed by atoms with Crippen molar-refractivity contribution in [3.63, 3.8) is 0 Å². The summed E-state index contributed by atoms with van der Waals surface area (Å²) in [6, 6.07) is 1.37. The molecule has 3 heteroatoms. The molecule has 1 nitrogen and oxygen atoms in total. The van der Waals surface area contributed by atoms with Gasteiger partial charge in [0.05, 0.1) is 0 Å². The van der Waals surface area contributed by atoms with E-state index in [4.69, 9.17) is 0 Å². The van der Waals surface area contributed by atoms with Crippen LogP contribution < -0.4 is 0 Å². The van der Waals surface area contributed by atoms with Crippen LogP contribution in [0.1, 0.15) is 6.92 Å². The minimum Gasteiger partial charge on any atom is -0.348 e. The van der Waals surface area contributed by atoms with Gasteiger partial charge in [0.25, 0.3) is 0 Å². The average molecular weight is 189 g/mol. The van der Waals surface area contributed by atoms with Crippen LogP contribution in [0.25, 0.3) is 0 Å². The maximum absolute atomic E-state index is 2.71. The lowest BCUT2D eigenvalue weighted by Gasteiger charge is -2.42. The van der Waals surface area contributed by atoms with Crippen molar-refractivity contribution >= 4 is 16.5 Å². The van der Waals surface area contributed by atoms with E-state index in [-0.39, 0.29) is 0 Å². The van der Waals surface area contributed by atoms with E-state index in [0.717, 1.165) is 0 Å². The summed E-state index contributed by atoms with van der Waals surface area (Å²) < 4.78 is 2.71. The van der Waals surface area contributed by atoms with Gasteiger partial charge in [-0.25, -0.2) is 0 Å². The normalized spacial score (nSPS) is 14.2. The molecule has 0 aliphatic rings. The third kappa shape index (κ3) is 3.09. The summed E-state index contributed by atoms with van der Waals surface area (Å²) in [5.41, 5.74) is 0. The van der Waals surface area contributed by atoms with Crippen LogP contribution in [-0.4, -0.2) is 27.7 Å². The fraction of sp³-hybridized carbons (Fsp3) is 1.00. The second-order valence-electron chi connectivity index (χ2n) is 4.90. The number of hydrogen-bond acceptors (Lipinski definition) is 1. The molecule has 0 saturated carbocycles. The smallest absolute Gasteiger partial charge is 0.115 e. The molecule has 0 saturated heterocycles. The highest BCUT2D eigenvalue weighted by molar-refractivity contribution is 6.89. The van der Waals surface area contributed by atoms with Crippen molar-refractivity contribution < 1.29 is 0 Å². The van der Waals surface area contributed by atoms with Crippen molar-refractivity contribution in [2.24, 2.45) is 0 Å². The fourth-order valence-corrected chi connectivity index (χ4v) is 9.36. The first kappa shape index (κ1) is 11.4. The Balaban J connectivity index is 4.35. The summed E-state index contributed by atoms with van der Waals surface area (Å²) in [6.45, 7) is 14.5. The van der Waals surface area contributed by atoms with E-state index in [1.165, 1.54) is 6.04 Å². The third-order valence-electron chi connectivity index (χ3n) is 2.78. The van der Waals surface area contributed by atoms with Crippen LogP contribution in [-0.2, 0) is 0 Å². The van der Waals surface area contributed by atoms with Crippen LogP contribution in [0.15, 0.2) is 0 Å². The van der Waals surface area contributed by atoms with Gasteiger partial charge in [-0.1, -0.05) is 39.7 Å². The van der Waals surface area contributed by atoms with Crippen molar-refractivity contribution in [1.29, 1.82) is 0 Å². The van der Waals surface area contributed by atoms with E-state index in [9.17, 15) is 0 Å². The topological polar surface area (TPSA) is 3.24 Å². The van der Waals surface area contributed by atoms with E-state index in [0.29, 0.717) is 0 Å². The lowest BCUT2D eigenvalue weighted by molar-refractivity contribution is 0.747. The molecule has 0 radical (unpaired) electrons. The summed E-state index contributed by atoms with van der Waals surface area (Å²) in [4.78, 5) is 0. The van der Waals surface area contributed by atoms with Gasteiger partial charge < -0.3 is 4.23 Å².